The molecule has 1 aromatic rings. The van der Waals surface area contributed by atoms with Crippen molar-refractivity contribution in [3.05, 3.63) is 59.9 Å². The van der Waals surface area contributed by atoms with Crippen molar-refractivity contribution < 1.29 is 4.74 Å². The Bertz CT molecular complexity index is 470. The molecule has 2 nitrogen and oxygen atoms in total. The van der Waals surface area contributed by atoms with Crippen molar-refractivity contribution in [2.24, 2.45) is 0 Å². The monoisotopic (exact) mass is 229 g/mol. The number of allylic oxidation sites excluding steroid dienone is 4. The van der Waals surface area contributed by atoms with Gasteiger partial charge in [0.15, 0.2) is 0 Å². The molecule has 0 radical (unpaired) electrons. The third-order valence-electron chi connectivity index (χ3n) is 2.58. The maximum atomic E-state index is 5.75. The van der Waals surface area contributed by atoms with E-state index in [0.717, 1.165) is 28.1 Å². The zero-order chi connectivity index (χ0) is 12.8. The number of hydrogen-bond donors (Lipinski definition) is 1. The van der Waals surface area contributed by atoms with E-state index >= 15 is 0 Å². The molecule has 0 spiro atoms. The molecule has 0 saturated heterocycles. The van der Waals surface area contributed by atoms with Crippen molar-refractivity contribution in [2.75, 3.05) is 12.8 Å². The topological polar surface area (TPSA) is 35.2 Å². The predicted octanol–water partition coefficient (Wildman–Crippen LogP) is 3.70. The van der Waals surface area contributed by atoms with Gasteiger partial charge in [-0.05, 0) is 43.2 Å². The highest BCUT2D eigenvalue weighted by molar-refractivity contribution is 5.79. The first kappa shape index (κ1) is 13.1. The molecule has 0 amide bonds. The van der Waals surface area contributed by atoms with Gasteiger partial charge in [0.1, 0.15) is 5.76 Å². The summed E-state index contributed by atoms with van der Waals surface area (Å²) in [4.78, 5) is 0. The Hall–Kier alpha value is -1.96. The van der Waals surface area contributed by atoms with Crippen molar-refractivity contribution in [1.82, 2.24) is 0 Å². The Morgan fingerprint density at radius 1 is 1.41 bits per heavy atom. The van der Waals surface area contributed by atoms with Crippen LogP contribution >= 0.6 is 0 Å². The molecular weight excluding hydrogens is 210 g/mol. The van der Waals surface area contributed by atoms with Gasteiger partial charge in [0.25, 0.3) is 0 Å². The normalized spacial score (nSPS) is 12.4. The lowest BCUT2D eigenvalue weighted by molar-refractivity contribution is 0.311. The van der Waals surface area contributed by atoms with E-state index in [-0.39, 0.29) is 0 Å². The molecule has 0 heterocycles. The van der Waals surface area contributed by atoms with Gasteiger partial charge in [-0.25, -0.2) is 0 Å². The van der Waals surface area contributed by atoms with Gasteiger partial charge in [-0.15, -0.1) is 0 Å². The molecule has 1 rings (SSSR count). The molecule has 0 unspecified atom stereocenters. The minimum atomic E-state index is 0.772. The van der Waals surface area contributed by atoms with Crippen LogP contribution in [0.15, 0.2) is 48.8 Å². The van der Waals surface area contributed by atoms with E-state index in [4.69, 9.17) is 10.5 Å². The van der Waals surface area contributed by atoms with E-state index in [1.54, 1.807) is 13.2 Å². The van der Waals surface area contributed by atoms with E-state index in [1.165, 1.54) is 0 Å². The number of methoxy groups -OCH3 is 1. The molecule has 2 heteroatoms. The van der Waals surface area contributed by atoms with Crippen LogP contribution in [0.1, 0.15) is 18.1 Å². The van der Waals surface area contributed by atoms with Crippen LogP contribution in [0.25, 0.3) is 5.57 Å². The minimum Gasteiger partial charge on any atom is -0.496 e. The summed E-state index contributed by atoms with van der Waals surface area (Å²) in [6.07, 6.45) is 5.59. The average molecular weight is 229 g/mol. The highest BCUT2D eigenvalue weighted by Gasteiger charge is 2.09. The van der Waals surface area contributed by atoms with Crippen LogP contribution in [0, 0.1) is 6.92 Å². The molecule has 90 valence electrons. The highest BCUT2D eigenvalue weighted by atomic mass is 16.5. The highest BCUT2D eigenvalue weighted by Crippen LogP contribution is 2.27. The summed E-state index contributed by atoms with van der Waals surface area (Å²) in [5.41, 5.74) is 9.82. The first-order valence-corrected chi connectivity index (χ1v) is 5.54. The smallest absolute Gasteiger partial charge is 0.126 e. The summed E-state index contributed by atoms with van der Waals surface area (Å²) in [5.74, 6) is 0.801. The number of aryl methyl sites for hydroxylation is 1. The van der Waals surface area contributed by atoms with E-state index in [9.17, 15) is 0 Å². The Kier molecular flexibility index (Phi) is 4.58. The standard InChI is InChI=1S/C15H19NO/c1-5-7-15(17-4)13(6-2)14-9-8-12(16)10-11(14)3/h5-10H,1,16H2,2-4H3/b13-6-,15-7+. The maximum absolute atomic E-state index is 5.75. The molecule has 0 aliphatic rings. The number of ether oxygens (including phenoxy) is 1. The van der Waals surface area contributed by atoms with Gasteiger partial charge in [0, 0.05) is 11.3 Å². The molecule has 0 aliphatic carbocycles. The van der Waals surface area contributed by atoms with Crippen molar-refractivity contribution in [3.8, 4) is 0 Å². The van der Waals surface area contributed by atoms with Crippen LogP contribution in [-0.4, -0.2) is 7.11 Å². The lowest BCUT2D eigenvalue weighted by Gasteiger charge is -2.13. The zero-order valence-electron chi connectivity index (χ0n) is 10.7. The molecule has 0 aliphatic heterocycles. The fourth-order valence-electron chi connectivity index (χ4n) is 1.79. The first-order chi connectivity index (χ1) is 8.13. The molecule has 0 fully saturated rings. The Morgan fingerprint density at radius 2 is 2.12 bits per heavy atom. The predicted molar refractivity (Wildman–Crippen MR) is 74.5 cm³/mol. The minimum absolute atomic E-state index is 0.772. The molecule has 2 N–H and O–H groups in total. The quantitative estimate of drug-likeness (QED) is 0.485. The fraction of sp³-hybridized carbons (Fsp3) is 0.200. The maximum Gasteiger partial charge on any atom is 0.126 e. The summed E-state index contributed by atoms with van der Waals surface area (Å²) in [7, 11) is 1.66. The van der Waals surface area contributed by atoms with Crippen LogP contribution in [0.2, 0.25) is 0 Å². The Morgan fingerprint density at radius 3 is 2.59 bits per heavy atom. The Balaban J connectivity index is 3.28. The molecule has 0 bridgehead atoms. The number of benzene rings is 1. The van der Waals surface area contributed by atoms with E-state index in [0.29, 0.717) is 0 Å². The van der Waals surface area contributed by atoms with E-state index < -0.39 is 0 Å². The van der Waals surface area contributed by atoms with Crippen molar-refractivity contribution in [3.63, 3.8) is 0 Å². The third kappa shape index (κ3) is 3.00. The van der Waals surface area contributed by atoms with Crippen LogP contribution in [-0.2, 0) is 4.74 Å². The van der Waals surface area contributed by atoms with Gasteiger partial charge in [-0.1, -0.05) is 24.8 Å². The summed E-state index contributed by atoms with van der Waals surface area (Å²) in [5, 5.41) is 0. The van der Waals surface area contributed by atoms with Gasteiger partial charge in [0.05, 0.1) is 7.11 Å². The lowest BCUT2D eigenvalue weighted by Crippen LogP contribution is -1.96. The van der Waals surface area contributed by atoms with Crippen molar-refractivity contribution >= 4 is 11.3 Å². The van der Waals surface area contributed by atoms with E-state index in [2.05, 4.69) is 6.58 Å². The SMILES string of the molecule is C=C/C=C(OC)\C(=C/C)c1ccc(N)cc1C. The number of nitrogens with two attached hydrogens (primary N) is 1. The van der Waals surface area contributed by atoms with Crippen LogP contribution in [0.5, 0.6) is 0 Å². The molecule has 1 aromatic carbocycles. The molecule has 0 saturated carbocycles. The zero-order valence-corrected chi connectivity index (χ0v) is 10.7. The van der Waals surface area contributed by atoms with Gasteiger partial charge in [-0.2, -0.15) is 0 Å². The summed E-state index contributed by atoms with van der Waals surface area (Å²) >= 11 is 0. The van der Waals surface area contributed by atoms with Gasteiger partial charge < -0.3 is 10.5 Å². The van der Waals surface area contributed by atoms with Crippen molar-refractivity contribution in [1.29, 1.82) is 0 Å². The summed E-state index contributed by atoms with van der Waals surface area (Å²) in [6.45, 7) is 7.72. The van der Waals surface area contributed by atoms with Crippen molar-refractivity contribution in [2.45, 2.75) is 13.8 Å². The van der Waals surface area contributed by atoms with Crippen LogP contribution < -0.4 is 5.73 Å². The average Bonchev–Trinajstić information content (AvgIpc) is 2.31. The third-order valence-corrected chi connectivity index (χ3v) is 2.58. The van der Waals surface area contributed by atoms with Gasteiger partial charge in [-0.3, -0.25) is 0 Å². The molecule has 0 aromatic heterocycles. The Labute approximate surface area is 103 Å². The first-order valence-electron chi connectivity index (χ1n) is 5.54. The largest absolute Gasteiger partial charge is 0.496 e. The molecular formula is C15H19NO. The second kappa shape index (κ2) is 5.94. The number of rotatable bonds is 4. The second-order valence-electron chi connectivity index (χ2n) is 3.75. The molecule has 17 heavy (non-hydrogen) atoms. The lowest BCUT2D eigenvalue weighted by atomic mass is 9.98. The fourth-order valence-corrected chi connectivity index (χ4v) is 1.79. The number of anilines is 1. The summed E-state index contributed by atoms with van der Waals surface area (Å²) < 4.78 is 5.37. The number of nitrogen functional groups attached to an aromatic ring is 1. The van der Waals surface area contributed by atoms with Gasteiger partial charge in [0.2, 0.25) is 0 Å². The van der Waals surface area contributed by atoms with E-state index in [1.807, 2.05) is 44.2 Å². The van der Waals surface area contributed by atoms with Crippen LogP contribution in [0.3, 0.4) is 0 Å². The molecule has 0 atom stereocenters. The summed E-state index contributed by atoms with van der Waals surface area (Å²) in [6, 6.07) is 5.86. The van der Waals surface area contributed by atoms with Gasteiger partial charge >= 0.3 is 0 Å². The second-order valence-corrected chi connectivity index (χ2v) is 3.75. The van der Waals surface area contributed by atoms with Crippen LogP contribution in [0.4, 0.5) is 5.69 Å². The number of hydrogen-bond acceptors (Lipinski definition) is 2.